The van der Waals surface area contributed by atoms with Crippen molar-refractivity contribution in [2.75, 3.05) is 0 Å². The fourth-order valence-electron chi connectivity index (χ4n) is 7.88. The number of hydrogen-bond acceptors (Lipinski definition) is 4. The summed E-state index contributed by atoms with van der Waals surface area (Å²) in [6.45, 7) is 8.25. The van der Waals surface area contributed by atoms with Crippen molar-refractivity contribution in [3.8, 4) is 0 Å². The monoisotopic (exact) mass is 598 g/mol. The van der Waals surface area contributed by atoms with Crippen molar-refractivity contribution >= 4 is 56.5 Å². The van der Waals surface area contributed by atoms with Crippen molar-refractivity contribution in [3.05, 3.63) is 130 Å². The Morgan fingerprint density at radius 1 is 0.500 bits per heavy atom. The number of aromatic nitrogens is 2. The average molecular weight is 599 g/mol. The number of hydrogen-bond donors (Lipinski definition) is 0. The van der Waals surface area contributed by atoms with Crippen molar-refractivity contribution in [2.24, 2.45) is 20.0 Å². The average Bonchev–Trinajstić information content (AvgIpc) is 3.82. The van der Waals surface area contributed by atoms with Gasteiger partial charge in [-0.2, -0.15) is 9.13 Å². The molecular formula is C38H30N8+2. The molecule has 8 nitrogen and oxygen atoms in total. The SMILES string of the molecule is CC.CCC.c1ccc2c(c1)C1=Nc3c4ccccc4c4n3C35n6c(c7ccccc7c6=NC6=[N+]3C(=N4)c3ccccc36)=NC2=[N+]15. The number of rotatable bonds is 0. The van der Waals surface area contributed by atoms with Gasteiger partial charge in [-0.05, 0) is 48.5 Å². The predicted molar refractivity (Wildman–Crippen MR) is 181 cm³/mol. The Labute approximate surface area is 264 Å². The third kappa shape index (κ3) is 2.62. The Morgan fingerprint density at radius 2 is 0.870 bits per heavy atom. The second kappa shape index (κ2) is 8.69. The summed E-state index contributed by atoms with van der Waals surface area (Å²) in [5, 5.41) is 4.33. The molecule has 0 bridgehead atoms. The zero-order valence-corrected chi connectivity index (χ0v) is 26.0. The lowest BCUT2D eigenvalue weighted by Gasteiger charge is -2.40. The molecule has 0 saturated heterocycles. The molecule has 1 spiro atoms. The molecule has 0 saturated carbocycles. The topological polar surface area (TPSA) is 65.3 Å². The maximum Gasteiger partial charge on any atom is 0.404 e. The van der Waals surface area contributed by atoms with Gasteiger partial charge < -0.3 is 0 Å². The maximum absolute atomic E-state index is 5.42. The fraction of sp³-hybridized carbons (Fsp3) is 0.158. The van der Waals surface area contributed by atoms with Gasteiger partial charge in [0.05, 0.1) is 22.3 Å². The van der Waals surface area contributed by atoms with Crippen LogP contribution in [0.2, 0.25) is 0 Å². The van der Waals surface area contributed by atoms with E-state index in [1.54, 1.807) is 0 Å². The summed E-state index contributed by atoms with van der Waals surface area (Å²) < 4.78 is 9.32. The third-order valence-corrected chi connectivity index (χ3v) is 9.38. The molecule has 6 aliphatic rings. The number of aliphatic imine (C=N–C) groups is 2. The van der Waals surface area contributed by atoms with Gasteiger partial charge in [-0.3, -0.25) is 0 Å². The molecule has 0 amide bonds. The van der Waals surface area contributed by atoms with E-state index < -0.39 is 5.91 Å². The van der Waals surface area contributed by atoms with Gasteiger partial charge in [0.2, 0.25) is 22.6 Å². The van der Waals surface area contributed by atoms with E-state index in [0.717, 1.165) is 89.8 Å². The Morgan fingerprint density at radius 3 is 1.30 bits per heavy atom. The number of amidine groups is 4. The smallest absolute Gasteiger partial charge is 0.192 e. The van der Waals surface area contributed by atoms with Gasteiger partial charge in [0.15, 0.2) is 0 Å². The van der Waals surface area contributed by atoms with Crippen LogP contribution in [0.25, 0.3) is 21.5 Å². The molecule has 8 heteroatoms. The highest BCUT2D eigenvalue weighted by molar-refractivity contribution is 6.20. The summed E-state index contributed by atoms with van der Waals surface area (Å²) in [7, 11) is 0. The second-order valence-electron chi connectivity index (χ2n) is 11.9. The van der Waals surface area contributed by atoms with Gasteiger partial charge in [-0.25, -0.2) is 0 Å². The lowest BCUT2D eigenvalue weighted by atomic mass is 10.1. The molecule has 0 fully saturated rings. The minimum atomic E-state index is -0.923. The molecular weight excluding hydrogens is 568 g/mol. The molecule has 4 aromatic carbocycles. The molecule has 12 rings (SSSR count). The molecule has 220 valence electrons. The zero-order valence-electron chi connectivity index (χ0n) is 26.0. The third-order valence-electron chi connectivity index (χ3n) is 9.38. The normalized spacial score (nSPS) is 17.0. The van der Waals surface area contributed by atoms with Crippen molar-refractivity contribution in [1.29, 1.82) is 0 Å². The standard InChI is InChI=1S/C33H16N8.C3H8.C2H6/c1-2-10-18-17(9-1)25-34-27-19-11-3-4-12-20(19)29-36-31-23-15-7-8-16-24(23)32-37-30-22-14-6-5-13-21(22)28-35-26(18)38(25)33(39(27)29,40(28)30)41(31)32;1-3-2;1-2/h1-16H;3H2,1-2H3;1-2H3/q+2;;. The summed E-state index contributed by atoms with van der Waals surface area (Å²) in [4.78, 5) is 21.7. The number of fused-ring (bicyclic) bond motifs is 12. The summed E-state index contributed by atoms with van der Waals surface area (Å²) in [5.41, 5.74) is 6.13. The number of nitrogens with zero attached hydrogens (tertiary/aromatic N) is 8. The van der Waals surface area contributed by atoms with Crippen molar-refractivity contribution in [3.63, 3.8) is 0 Å². The zero-order chi connectivity index (χ0) is 30.9. The fourth-order valence-corrected chi connectivity index (χ4v) is 7.88. The first-order valence-corrected chi connectivity index (χ1v) is 16.2. The van der Waals surface area contributed by atoms with E-state index in [9.17, 15) is 0 Å². The summed E-state index contributed by atoms with van der Waals surface area (Å²) in [5.74, 6) is 4.46. The molecule has 6 aromatic rings. The number of benzene rings is 4. The quantitative estimate of drug-likeness (QED) is 0.188. The molecule has 8 heterocycles. The highest BCUT2D eigenvalue weighted by Crippen LogP contribution is 2.52. The Bertz CT molecular complexity index is 2480. The second-order valence-corrected chi connectivity index (χ2v) is 11.9. The Balaban J connectivity index is 0.000000523. The molecule has 0 atom stereocenters. The Hall–Kier alpha value is -5.76. The van der Waals surface area contributed by atoms with Gasteiger partial charge in [0, 0.05) is 21.5 Å². The molecule has 6 aliphatic heterocycles. The van der Waals surface area contributed by atoms with E-state index in [1.165, 1.54) is 6.42 Å². The van der Waals surface area contributed by atoms with Crippen LogP contribution in [0.3, 0.4) is 0 Å². The summed E-state index contributed by atoms with van der Waals surface area (Å²) >= 11 is 0. The molecule has 0 N–H and O–H groups in total. The predicted octanol–water partition coefficient (Wildman–Crippen LogP) is 6.15. The van der Waals surface area contributed by atoms with Gasteiger partial charge in [0.1, 0.15) is 0 Å². The van der Waals surface area contributed by atoms with Crippen LogP contribution in [-0.4, -0.2) is 41.6 Å². The molecule has 0 radical (unpaired) electrons. The molecule has 0 aliphatic carbocycles. The van der Waals surface area contributed by atoms with Gasteiger partial charge in [-0.15, -0.1) is 9.15 Å². The van der Waals surface area contributed by atoms with Gasteiger partial charge in [0.25, 0.3) is 23.3 Å². The first-order chi connectivity index (χ1) is 22.8. The van der Waals surface area contributed by atoms with Crippen LogP contribution in [0.4, 0.5) is 11.6 Å². The van der Waals surface area contributed by atoms with Gasteiger partial charge >= 0.3 is 5.91 Å². The van der Waals surface area contributed by atoms with Crippen LogP contribution < -0.4 is 11.0 Å². The van der Waals surface area contributed by atoms with Gasteiger partial charge in [-0.1, -0.05) is 103 Å². The van der Waals surface area contributed by atoms with Crippen molar-refractivity contribution < 1.29 is 9.15 Å². The molecule has 46 heavy (non-hydrogen) atoms. The van der Waals surface area contributed by atoms with Crippen LogP contribution in [0.5, 0.6) is 0 Å². The summed E-state index contributed by atoms with van der Waals surface area (Å²) in [6, 6.07) is 34.0. The van der Waals surface area contributed by atoms with E-state index in [2.05, 4.69) is 129 Å². The van der Waals surface area contributed by atoms with Crippen molar-refractivity contribution in [2.45, 2.75) is 40.0 Å². The largest absolute Gasteiger partial charge is 0.404 e. The minimum Gasteiger partial charge on any atom is -0.192 e. The van der Waals surface area contributed by atoms with Crippen LogP contribution in [0, 0.1) is 0 Å². The highest BCUT2D eigenvalue weighted by Gasteiger charge is 2.69. The van der Waals surface area contributed by atoms with E-state index in [0.29, 0.717) is 0 Å². The minimum absolute atomic E-state index is 0.898. The lowest BCUT2D eigenvalue weighted by Crippen LogP contribution is -2.71. The molecule has 2 aromatic heterocycles. The van der Waals surface area contributed by atoms with Crippen molar-refractivity contribution in [1.82, 2.24) is 9.13 Å². The van der Waals surface area contributed by atoms with E-state index in [-0.39, 0.29) is 0 Å². The maximum atomic E-state index is 5.42. The Kier molecular flexibility index (Phi) is 4.83. The first-order valence-electron chi connectivity index (χ1n) is 16.2. The van der Waals surface area contributed by atoms with E-state index in [1.807, 2.05) is 13.8 Å². The summed E-state index contributed by atoms with van der Waals surface area (Å²) in [6.07, 6.45) is 1.25. The van der Waals surface area contributed by atoms with Crippen LogP contribution in [0.1, 0.15) is 56.4 Å². The first kappa shape index (κ1) is 25.6. The van der Waals surface area contributed by atoms with E-state index >= 15 is 0 Å². The molecule has 0 unspecified atom stereocenters. The van der Waals surface area contributed by atoms with Crippen LogP contribution >= 0.6 is 0 Å². The van der Waals surface area contributed by atoms with Crippen LogP contribution in [0.15, 0.2) is 117 Å². The highest BCUT2D eigenvalue weighted by atomic mass is 15.7. The van der Waals surface area contributed by atoms with Crippen LogP contribution in [-0.2, 0) is 5.91 Å². The van der Waals surface area contributed by atoms with E-state index in [4.69, 9.17) is 20.0 Å². The lowest BCUT2D eigenvalue weighted by molar-refractivity contribution is -0.790.